The Hall–Kier alpha value is -2.16. The topological polar surface area (TPSA) is 59.0 Å². The minimum absolute atomic E-state index is 0.180. The third kappa shape index (κ3) is 4.28. The summed E-state index contributed by atoms with van der Waals surface area (Å²) in [6, 6.07) is 7.51. The number of hydrogen-bond acceptors (Lipinski definition) is 3. The number of halogens is 3. The van der Waals surface area contributed by atoms with E-state index in [9.17, 15) is 18.0 Å². The highest BCUT2D eigenvalue weighted by molar-refractivity contribution is 7.99. The van der Waals surface area contributed by atoms with Crippen LogP contribution in [-0.4, -0.2) is 33.4 Å². The Morgan fingerprint density at radius 1 is 1.32 bits per heavy atom. The molecular weight excluding hydrogens is 353 g/mol. The number of rotatable bonds is 3. The van der Waals surface area contributed by atoms with Gasteiger partial charge in [0.1, 0.15) is 0 Å². The van der Waals surface area contributed by atoms with Crippen LogP contribution in [-0.2, 0) is 13.2 Å². The van der Waals surface area contributed by atoms with Gasteiger partial charge in [0.05, 0.1) is 5.69 Å². The number of nitrogens with one attached hydrogen (secondary N) is 2. The van der Waals surface area contributed by atoms with Gasteiger partial charge in [-0.05, 0) is 35.9 Å². The summed E-state index contributed by atoms with van der Waals surface area (Å²) in [5.74, 6) is 1.96. The van der Waals surface area contributed by atoms with E-state index in [1.165, 1.54) is 11.7 Å². The van der Waals surface area contributed by atoms with Crippen molar-refractivity contribution < 1.29 is 18.0 Å². The summed E-state index contributed by atoms with van der Waals surface area (Å²) < 4.78 is 39.4. The maximum Gasteiger partial charge on any atom is 0.435 e. The van der Waals surface area contributed by atoms with Gasteiger partial charge in [0.15, 0.2) is 5.69 Å². The largest absolute Gasteiger partial charge is 0.435 e. The number of aromatic nitrogens is 2. The Bertz CT molecular complexity index is 752. The van der Waals surface area contributed by atoms with Crippen molar-refractivity contribution in [3.8, 4) is 11.3 Å². The van der Waals surface area contributed by atoms with Gasteiger partial charge in [-0.2, -0.15) is 30.0 Å². The third-order valence-corrected chi connectivity index (χ3v) is 5.04. The number of aryl methyl sites for hydroxylation is 1. The van der Waals surface area contributed by atoms with Gasteiger partial charge in [-0.1, -0.05) is 12.1 Å². The number of nitrogens with zero attached hydrogens (tertiary/aromatic N) is 2. The molecule has 1 fully saturated rings. The highest BCUT2D eigenvalue weighted by Gasteiger charge is 2.34. The van der Waals surface area contributed by atoms with Crippen LogP contribution in [0.15, 0.2) is 30.3 Å². The van der Waals surface area contributed by atoms with E-state index in [1.54, 1.807) is 36.0 Å². The summed E-state index contributed by atoms with van der Waals surface area (Å²) in [5.41, 5.74) is 0.584. The highest BCUT2D eigenvalue weighted by atomic mass is 32.2. The Kier molecular flexibility index (Phi) is 4.94. The van der Waals surface area contributed by atoms with Gasteiger partial charge in [0.25, 0.3) is 0 Å². The predicted octanol–water partition coefficient (Wildman–Crippen LogP) is 3.73. The first-order valence-corrected chi connectivity index (χ1v) is 8.85. The van der Waals surface area contributed by atoms with Gasteiger partial charge in [-0.3, -0.25) is 4.68 Å². The van der Waals surface area contributed by atoms with Gasteiger partial charge in [-0.15, -0.1) is 0 Å². The van der Waals surface area contributed by atoms with E-state index in [-0.39, 0.29) is 12.1 Å². The van der Waals surface area contributed by atoms with Gasteiger partial charge in [0, 0.05) is 24.5 Å². The molecule has 0 unspecified atom stereocenters. The van der Waals surface area contributed by atoms with E-state index >= 15 is 0 Å². The van der Waals surface area contributed by atoms with Crippen molar-refractivity contribution in [3.63, 3.8) is 0 Å². The summed E-state index contributed by atoms with van der Waals surface area (Å²) in [6.07, 6.45) is -3.52. The number of benzene rings is 1. The van der Waals surface area contributed by atoms with Crippen LogP contribution in [0.4, 0.5) is 23.7 Å². The van der Waals surface area contributed by atoms with E-state index in [4.69, 9.17) is 0 Å². The summed E-state index contributed by atoms with van der Waals surface area (Å²) >= 11 is 1.80. The van der Waals surface area contributed by atoms with Gasteiger partial charge in [-0.25, -0.2) is 4.79 Å². The Morgan fingerprint density at radius 3 is 2.60 bits per heavy atom. The van der Waals surface area contributed by atoms with Crippen molar-refractivity contribution in [1.82, 2.24) is 15.1 Å². The number of hydrogen-bond donors (Lipinski definition) is 2. The standard InChI is InChI=1S/C16H17F3N4OS/c1-23-13(8-14(22-23)16(17,18)19)10-2-4-11(5-3-10)20-15(24)21-12-6-7-25-9-12/h2-5,8,12H,6-7,9H2,1H3,(H2,20,21,24)/t12-/m0/s1. The summed E-state index contributed by atoms with van der Waals surface area (Å²) in [4.78, 5) is 11.9. The molecule has 2 heterocycles. The van der Waals surface area contributed by atoms with E-state index in [0.29, 0.717) is 16.9 Å². The van der Waals surface area contributed by atoms with Crippen molar-refractivity contribution in [2.75, 3.05) is 16.8 Å². The molecule has 3 rings (SSSR count). The molecule has 1 aliphatic heterocycles. The van der Waals surface area contributed by atoms with E-state index in [1.807, 2.05) is 0 Å². The lowest BCUT2D eigenvalue weighted by atomic mass is 10.1. The average molecular weight is 370 g/mol. The molecule has 0 radical (unpaired) electrons. The molecule has 134 valence electrons. The van der Waals surface area contributed by atoms with E-state index in [2.05, 4.69) is 15.7 Å². The minimum Gasteiger partial charge on any atom is -0.334 e. The predicted molar refractivity (Wildman–Crippen MR) is 91.5 cm³/mol. The Morgan fingerprint density at radius 2 is 2.04 bits per heavy atom. The highest BCUT2D eigenvalue weighted by Crippen LogP contribution is 2.31. The Balaban J connectivity index is 1.68. The number of anilines is 1. The fourth-order valence-electron chi connectivity index (χ4n) is 2.60. The van der Waals surface area contributed by atoms with Crippen LogP contribution in [0, 0.1) is 0 Å². The number of urea groups is 1. The molecule has 1 aromatic carbocycles. The lowest BCUT2D eigenvalue weighted by Crippen LogP contribution is -2.37. The van der Waals surface area contributed by atoms with Crippen LogP contribution in [0.2, 0.25) is 0 Å². The van der Waals surface area contributed by atoms with Crippen LogP contribution in [0.25, 0.3) is 11.3 Å². The normalized spacial score (nSPS) is 17.5. The maximum atomic E-state index is 12.7. The van der Waals surface area contributed by atoms with Crippen LogP contribution >= 0.6 is 11.8 Å². The van der Waals surface area contributed by atoms with Crippen molar-refractivity contribution in [2.24, 2.45) is 7.05 Å². The van der Waals surface area contributed by atoms with Crippen molar-refractivity contribution >= 4 is 23.5 Å². The minimum atomic E-state index is -4.48. The first-order chi connectivity index (χ1) is 11.8. The fraction of sp³-hybridized carbons (Fsp3) is 0.375. The summed E-state index contributed by atoms with van der Waals surface area (Å²) in [6.45, 7) is 0. The second kappa shape index (κ2) is 6.99. The molecule has 1 saturated heterocycles. The zero-order valence-corrected chi connectivity index (χ0v) is 14.2. The quantitative estimate of drug-likeness (QED) is 0.866. The van der Waals surface area contributed by atoms with Crippen molar-refractivity contribution in [1.29, 1.82) is 0 Å². The fourth-order valence-corrected chi connectivity index (χ4v) is 3.75. The molecule has 5 nitrogen and oxygen atoms in total. The zero-order valence-electron chi connectivity index (χ0n) is 13.4. The van der Waals surface area contributed by atoms with E-state index < -0.39 is 11.9 Å². The maximum absolute atomic E-state index is 12.7. The lowest BCUT2D eigenvalue weighted by Gasteiger charge is -2.12. The molecular formula is C16H17F3N4OS. The van der Waals surface area contributed by atoms with E-state index in [0.717, 1.165) is 24.0 Å². The van der Waals surface area contributed by atoms with Gasteiger partial charge in [0.2, 0.25) is 0 Å². The molecule has 1 aliphatic rings. The van der Waals surface area contributed by atoms with Crippen molar-refractivity contribution in [2.45, 2.75) is 18.6 Å². The second-order valence-corrected chi connectivity index (χ2v) is 6.92. The Labute approximate surface area is 147 Å². The number of alkyl halides is 3. The summed E-state index contributed by atoms with van der Waals surface area (Å²) in [7, 11) is 1.46. The smallest absolute Gasteiger partial charge is 0.334 e. The molecule has 0 bridgehead atoms. The third-order valence-electron chi connectivity index (χ3n) is 3.87. The number of amides is 2. The first-order valence-electron chi connectivity index (χ1n) is 7.70. The SMILES string of the molecule is Cn1nc(C(F)(F)F)cc1-c1ccc(NC(=O)N[C@H]2CCSC2)cc1. The molecule has 9 heteroatoms. The second-order valence-electron chi connectivity index (χ2n) is 5.77. The lowest BCUT2D eigenvalue weighted by molar-refractivity contribution is -0.141. The monoisotopic (exact) mass is 370 g/mol. The van der Waals surface area contributed by atoms with Crippen LogP contribution < -0.4 is 10.6 Å². The molecule has 25 heavy (non-hydrogen) atoms. The van der Waals surface area contributed by atoms with Crippen molar-refractivity contribution in [3.05, 3.63) is 36.0 Å². The molecule has 0 spiro atoms. The summed E-state index contributed by atoms with van der Waals surface area (Å²) in [5, 5.41) is 9.12. The molecule has 2 amide bonds. The molecule has 1 atom stereocenters. The zero-order chi connectivity index (χ0) is 18.0. The molecule has 0 aliphatic carbocycles. The number of thioether (sulfide) groups is 1. The first kappa shape index (κ1) is 17.7. The van der Waals surface area contributed by atoms with Crippen LogP contribution in [0.3, 0.4) is 0 Å². The van der Waals surface area contributed by atoms with Crippen LogP contribution in [0.1, 0.15) is 12.1 Å². The van der Waals surface area contributed by atoms with Gasteiger partial charge >= 0.3 is 12.2 Å². The van der Waals surface area contributed by atoms with Gasteiger partial charge < -0.3 is 10.6 Å². The molecule has 0 saturated carbocycles. The molecule has 2 N–H and O–H groups in total. The van der Waals surface area contributed by atoms with Crippen LogP contribution in [0.5, 0.6) is 0 Å². The molecule has 1 aromatic heterocycles. The number of carbonyl (C=O) groups is 1. The number of carbonyl (C=O) groups excluding carboxylic acids is 1. The molecule has 2 aromatic rings. The average Bonchev–Trinajstić information content (AvgIpc) is 3.17.